The van der Waals surface area contributed by atoms with Gasteiger partial charge in [-0.15, -0.1) is 0 Å². The number of carbonyl (C=O) groups is 1. The van der Waals surface area contributed by atoms with Crippen molar-refractivity contribution in [3.8, 4) is 5.75 Å². The molecular formula is C14H19NO2. The van der Waals surface area contributed by atoms with Crippen LogP contribution in [-0.4, -0.2) is 31.0 Å². The number of hydrogen-bond acceptors (Lipinski definition) is 2. The lowest BCUT2D eigenvalue weighted by atomic mass is 10.2. The number of benzene rings is 1. The van der Waals surface area contributed by atoms with Crippen molar-refractivity contribution >= 4 is 5.91 Å². The van der Waals surface area contributed by atoms with Gasteiger partial charge in [0, 0.05) is 13.0 Å². The Labute approximate surface area is 102 Å². The number of amides is 1. The Hall–Kier alpha value is -1.51. The van der Waals surface area contributed by atoms with Gasteiger partial charge in [0.05, 0.1) is 6.54 Å². The molecule has 0 aromatic heterocycles. The van der Waals surface area contributed by atoms with Crippen LogP contribution in [0.3, 0.4) is 0 Å². The Morgan fingerprint density at radius 3 is 2.59 bits per heavy atom. The molecule has 92 valence electrons. The lowest BCUT2D eigenvalue weighted by molar-refractivity contribution is -0.131. The summed E-state index contributed by atoms with van der Waals surface area (Å²) in [5.74, 6) is 1.42. The number of ether oxygens (including phenoxy) is 1. The summed E-state index contributed by atoms with van der Waals surface area (Å²) >= 11 is 0. The topological polar surface area (TPSA) is 29.5 Å². The van der Waals surface area contributed by atoms with E-state index in [9.17, 15) is 4.79 Å². The Morgan fingerprint density at radius 2 is 2.00 bits per heavy atom. The van der Waals surface area contributed by atoms with Gasteiger partial charge in [-0.25, -0.2) is 0 Å². The van der Waals surface area contributed by atoms with Gasteiger partial charge in [0.2, 0.25) is 5.91 Å². The number of likely N-dealkylation sites (N-methyl/N-ethyl adjacent to an activating group) is 1. The molecule has 17 heavy (non-hydrogen) atoms. The smallest absolute Gasteiger partial charge is 0.225 e. The molecule has 0 spiro atoms. The highest BCUT2D eigenvalue weighted by molar-refractivity contribution is 5.80. The third-order valence-corrected chi connectivity index (χ3v) is 3.02. The fourth-order valence-electron chi connectivity index (χ4n) is 1.69. The Balaban J connectivity index is 1.71. The first-order valence-corrected chi connectivity index (χ1v) is 6.11. The second-order valence-electron chi connectivity index (χ2n) is 4.70. The van der Waals surface area contributed by atoms with E-state index in [0.717, 1.165) is 18.6 Å². The molecule has 1 amide bonds. The summed E-state index contributed by atoms with van der Waals surface area (Å²) < 4.78 is 5.59. The van der Waals surface area contributed by atoms with Crippen molar-refractivity contribution in [1.29, 1.82) is 0 Å². The molecule has 1 saturated carbocycles. The molecular weight excluding hydrogens is 214 g/mol. The summed E-state index contributed by atoms with van der Waals surface area (Å²) in [5, 5.41) is 0. The molecule has 0 N–H and O–H groups in total. The van der Waals surface area contributed by atoms with E-state index in [2.05, 4.69) is 0 Å². The van der Waals surface area contributed by atoms with Crippen LogP contribution >= 0.6 is 0 Å². The van der Waals surface area contributed by atoms with Crippen LogP contribution < -0.4 is 4.74 Å². The van der Waals surface area contributed by atoms with Crippen LogP contribution in [0.1, 0.15) is 18.4 Å². The first-order chi connectivity index (χ1) is 8.16. The van der Waals surface area contributed by atoms with Crippen molar-refractivity contribution in [3.63, 3.8) is 0 Å². The number of carbonyl (C=O) groups excluding carboxylic acids is 1. The van der Waals surface area contributed by atoms with Crippen LogP contribution in [0.15, 0.2) is 24.3 Å². The molecule has 1 aromatic carbocycles. The van der Waals surface area contributed by atoms with Crippen molar-refractivity contribution < 1.29 is 9.53 Å². The summed E-state index contributed by atoms with van der Waals surface area (Å²) in [5.41, 5.74) is 1.22. The Bertz CT molecular complexity index is 382. The van der Waals surface area contributed by atoms with Crippen LogP contribution in [-0.2, 0) is 4.79 Å². The maximum Gasteiger partial charge on any atom is 0.225 e. The first kappa shape index (κ1) is 12.0. The predicted molar refractivity (Wildman–Crippen MR) is 67.0 cm³/mol. The molecule has 0 heterocycles. The summed E-state index contributed by atoms with van der Waals surface area (Å²) in [6.45, 7) is 3.26. The molecule has 2 rings (SSSR count). The van der Waals surface area contributed by atoms with Crippen LogP contribution in [0.25, 0.3) is 0 Å². The van der Waals surface area contributed by atoms with E-state index in [0.29, 0.717) is 19.1 Å². The molecule has 0 radical (unpaired) electrons. The minimum absolute atomic E-state index is 0.262. The number of nitrogens with zero attached hydrogens (tertiary/aromatic N) is 1. The lowest BCUT2D eigenvalue weighted by Gasteiger charge is -2.17. The van der Waals surface area contributed by atoms with Crippen LogP contribution in [0.5, 0.6) is 5.75 Å². The van der Waals surface area contributed by atoms with E-state index in [-0.39, 0.29) is 5.91 Å². The molecule has 0 atom stereocenters. The number of hydrogen-bond donors (Lipinski definition) is 0. The highest BCUT2D eigenvalue weighted by Gasteiger charge is 2.31. The normalized spacial score (nSPS) is 14.5. The monoisotopic (exact) mass is 233 g/mol. The summed E-state index contributed by atoms with van der Waals surface area (Å²) in [6, 6.07) is 7.96. The van der Waals surface area contributed by atoms with E-state index < -0.39 is 0 Å². The SMILES string of the molecule is Cc1ccc(OCCN(C)C(=O)C2CC2)cc1. The zero-order chi connectivity index (χ0) is 12.3. The maximum atomic E-state index is 11.7. The molecule has 1 fully saturated rings. The molecule has 3 nitrogen and oxygen atoms in total. The number of aryl methyl sites for hydroxylation is 1. The van der Waals surface area contributed by atoms with E-state index in [1.165, 1.54) is 5.56 Å². The average molecular weight is 233 g/mol. The van der Waals surface area contributed by atoms with Gasteiger partial charge in [-0.05, 0) is 31.9 Å². The van der Waals surface area contributed by atoms with Gasteiger partial charge in [-0.2, -0.15) is 0 Å². The molecule has 0 unspecified atom stereocenters. The zero-order valence-corrected chi connectivity index (χ0v) is 10.5. The largest absolute Gasteiger partial charge is 0.492 e. The lowest BCUT2D eigenvalue weighted by Crippen LogP contribution is -2.31. The summed E-state index contributed by atoms with van der Waals surface area (Å²) in [6.07, 6.45) is 2.12. The van der Waals surface area contributed by atoms with Crippen LogP contribution in [0.2, 0.25) is 0 Å². The molecule has 0 aliphatic heterocycles. The molecule has 1 aromatic rings. The van der Waals surface area contributed by atoms with Gasteiger partial charge in [0.25, 0.3) is 0 Å². The first-order valence-electron chi connectivity index (χ1n) is 6.11. The van der Waals surface area contributed by atoms with Crippen molar-refractivity contribution in [1.82, 2.24) is 4.90 Å². The highest BCUT2D eigenvalue weighted by Crippen LogP contribution is 2.30. The number of rotatable bonds is 5. The van der Waals surface area contributed by atoms with Gasteiger partial charge in [-0.3, -0.25) is 4.79 Å². The summed E-state index contributed by atoms with van der Waals surface area (Å²) in [4.78, 5) is 13.4. The van der Waals surface area contributed by atoms with Gasteiger partial charge in [0.1, 0.15) is 12.4 Å². The zero-order valence-electron chi connectivity index (χ0n) is 10.5. The fourth-order valence-corrected chi connectivity index (χ4v) is 1.69. The van der Waals surface area contributed by atoms with Gasteiger partial charge < -0.3 is 9.64 Å². The second-order valence-corrected chi connectivity index (χ2v) is 4.70. The van der Waals surface area contributed by atoms with Crippen molar-refractivity contribution in [2.24, 2.45) is 5.92 Å². The molecule has 1 aliphatic rings. The highest BCUT2D eigenvalue weighted by atomic mass is 16.5. The van der Waals surface area contributed by atoms with Crippen molar-refractivity contribution in [3.05, 3.63) is 29.8 Å². The van der Waals surface area contributed by atoms with Crippen LogP contribution in [0.4, 0.5) is 0 Å². The Kier molecular flexibility index (Phi) is 3.67. The van der Waals surface area contributed by atoms with E-state index >= 15 is 0 Å². The molecule has 1 aliphatic carbocycles. The quantitative estimate of drug-likeness (QED) is 0.780. The minimum atomic E-state index is 0.262. The average Bonchev–Trinajstić information content (AvgIpc) is 3.14. The molecule has 0 saturated heterocycles. The molecule has 0 bridgehead atoms. The summed E-state index contributed by atoms with van der Waals surface area (Å²) in [7, 11) is 1.85. The van der Waals surface area contributed by atoms with Crippen molar-refractivity contribution in [2.45, 2.75) is 19.8 Å². The maximum absolute atomic E-state index is 11.7. The fraction of sp³-hybridized carbons (Fsp3) is 0.500. The van der Waals surface area contributed by atoms with E-state index in [1.54, 1.807) is 4.90 Å². The predicted octanol–water partition coefficient (Wildman–Crippen LogP) is 2.24. The van der Waals surface area contributed by atoms with Crippen LogP contribution in [0, 0.1) is 12.8 Å². The van der Waals surface area contributed by atoms with E-state index in [4.69, 9.17) is 4.74 Å². The van der Waals surface area contributed by atoms with E-state index in [1.807, 2.05) is 38.2 Å². The molecule has 3 heteroatoms. The van der Waals surface area contributed by atoms with Crippen molar-refractivity contribution in [2.75, 3.05) is 20.2 Å². The minimum Gasteiger partial charge on any atom is -0.492 e. The van der Waals surface area contributed by atoms with Gasteiger partial charge in [0.15, 0.2) is 0 Å². The standard InChI is InChI=1S/C14H19NO2/c1-11-3-7-13(8-4-11)17-10-9-15(2)14(16)12-5-6-12/h3-4,7-8,12H,5-6,9-10H2,1-2H3. The second kappa shape index (κ2) is 5.21. The third kappa shape index (κ3) is 3.48. The Morgan fingerprint density at radius 1 is 1.35 bits per heavy atom. The van der Waals surface area contributed by atoms with Gasteiger partial charge in [-0.1, -0.05) is 17.7 Å². The van der Waals surface area contributed by atoms with Gasteiger partial charge >= 0.3 is 0 Å². The third-order valence-electron chi connectivity index (χ3n) is 3.02.